The van der Waals surface area contributed by atoms with E-state index in [4.69, 9.17) is 4.74 Å². The predicted octanol–water partition coefficient (Wildman–Crippen LogP) is 4.32. The van der Waals surface area contributed by atoms with Crippen LogP contribution in [0.2, 0.25) is 0 Å². The molecule has 0 heterocycles. The number of benzene rings is 2. The lowest BCUT2D eigenvalue weighted by Crippen LogP contribution is -2.02. The number of hydrogen-bond acceptors (Lipinski definition) is 4. The normalized spacial score (nSPS) is 11.2. The van der Waals surface area contributed by atoms with Gasteiger partial charge in [-0.2, -0.15) is 0 Å². The summed E-state index contributed by atoms with van der Waals surface area (Å²) >= 11 is 0. The van der Waals surface area contributed by atoms with Crippen LogP contribution in [0.1, 0.15) is 30.0 Å². The Bertz CT molecular complexity index is 809. The first-order chi connectivity index (χ1) is 11.9. The lowest BCUT2D eigenvalue weighted by Gasteiger charge is -2.10. The Labute approximate surface area is 145 Å². The molecule has 0 amide bonds. The van der Waals surface area contributed by atoms with Gasteiger partial charge in [0.05, 0.1) is 17.1 Å². The first-order valence-electron chi connectivity index (χ1n) is 7.85. The molecule has 0 aliphatic rings. The molecule has 0 aromatic heterocycles. The molecule has 0 bridgehead atoms. The van der Waals surface area contributed by atoms with E-state index in [0.717, 1.165) is 12.0 Å². The van der Waals surface area contributed by atoms with Crippen LogP contribution in [0.5, 0.6) is 5.75 Å². The SMILES string of the molecule is CCCOc1ccc(/C(=C/c2ccc([N+](=O)[O-])cc2)C(=O)O)c(C)c1. The van der Waals surface area contributed by atoms with Gasteiger partial charge in [-0.15, -0.1) is 0 Å². The van der Waals surface area contributed by atoms with Gasteiger partial charge in [0.25, 0.3) is 5.69 Å². The number of hydrogen-bond donors (Lipinski definition) is 1. The van der Waals surface area contributed by atoms with Crippen LogP contribution in [0, 0.1) is 17.0 Å². The van der Waals surface area contributed by atoms with Crippen LogP contribution >= 0.6 is 0 Å². The smallest absolute Gasteiger partial charge is 0.336 e. The van der Waals surface area contributed by atoms with Crippen LogP contribution in [0.15, 0.2) is 42.5 Å². The van der Waals surface area contributed by atoms with E-state index in [1.165, 1.54) is 30.3 Å². The van der Waals surface area contributed by atoms with Crippen molar-refractivity contribution in [1.82, 2.24) is 0 Å². The zero-order valence-electron chi connectivity index (χ0n) is 14.1. The largest absolute Gasteiger partial charge is 0.494 e. The summed E-state index contributed by atoms with van der Waals surface area (Å²) in [5, 5.41) is 20.3. The van der Waals surface area contributed by atoms with Crippen molar-refractivity contribution in [1.29, 1.82) is 0 Å². The summed E-state index contributed by atoms with van der Waals surface area (Å²) in [5.41, 5.74) is 2.02. The highest BCUT2D eigenvalue weighted by atomic mass is 16.6. The molecule has 130 valence electrons. The van der Waals surface area contributed by atoms with Crippen LogP contribution < -0.4 is 4.74 Å². The topological polar surface area (TPSA) is 89.7 Å². The van der Waals surface area contributed by atoms with Crippen molar-refractivity contribution in [3.8, 4) is 5.75 Å². The highest BCUT2D eigenvalue weighted by molar-refractivity contribution is 6.21. The number of non-ortho nitro benzene ring substituents is 1. The number of carboxylic acids is 1. The second-order valence-corrected chi connectivity index (χ2v) is 5.54. The molecule has 25 heavy (non-hydrogen) atoms. The van der Waals surface area contributed by atoms with Gasteiger partial charge in [-0.05, 0) is 60.4 Å². The maximum Gasteiger partial charge on any atom is 0.336 e. The maximum atomic E-state index is 11.7. The number of aryl methyl sites for hydroxylation is 1. The van der Waals surface area contributed by atoms with Crippen molar-refractivity contribution < 1.29 is 19.6 Å². The molecule has 0 spiro atoms. The molecule has 2 aromatic rings. The van der Waals surface area contributed by atoms with Crippen LogP contribution in [0.4, 0.5) is 5.69 Å². The van der Waals surface area contributed by atoms with E-state index in [0.29, 0.717) is 23.5 Å². The molecule has 0 unspecified atom stereocenters. The highest BCUT2D eigenvalue weighted by Gasteiger charge is 2.14. The molecule has 6 heteroatoms. The number of aliphatic carboxylic acids is 1. The number of ether oxygens (including phenoxy) is 1. The quantitative estimate of drug-likeness (QED) is 0.351. The number of nitrogens with zero attached hydrogens (tertiary/aromatic N) is 1. The summed E-state index contributed by atoms with van der Waals surface area (Å²) in [7, 11) is 0. The summed E-state index contributed by atoms with van der Waals surface area (Å²) in [4.78, 5) is 21.9. The number of carbonyl (C=O) groups is 1. The van der Waals surface area contributed by atoms with E-state index in [9.17, 15) is 20.0 Å². The van der Waals surface area contributed by atoms with E-state index in [-0.39, 0.29) is 11.3 Å². The van der Waals surface area contributed by atoms with E-state index in [2.05, 4.69) is 0 Å². The van der Waals surface area contributed by atoms with Gasteiger partial charge in [0.15, 0.2) is 0 Å². The molecule has 2 aromatic carbocycles. The Morgan fingerprint density at radius 1 is 1.24 bits per heavy atom. The minimum atomic E-state index is -1.07. The fourth-order valence-electron chi connectivity index (χ4n) is 2.36. The first kappa shape index (κ1) is 18.2. The third-order valence-corrected chi connectivity index (χ3v) is 3.61. The van der Waals surface area contributed by atoms with Crippen molar-refractivity contribution in [3.63, 3.8) is 0 Å². The molecule has 0 saturated heterocycles. The van der Waals surface area contributed by atoms with Gasteiger partial charge in [-0.25, -0.2) is 4.79 Å². The molecule has 0 saturated carbocycles. The van der Waals surface area contributed by atoms with E-state index < -0.39 is 10.9 Å². The first-order valence-corrected chi connectivity index (χ1v) is 7.85. The minimum Gasteiger partial charge on any atom is -0.494 e. The maximum absolute atomic E-state index is 11.7. The van der Waals surface area contributed by atoms with E-state index in [1.807, 2.05) is 13.8 Å². The Hall–Kier alpha value is -3.15. The lowest BCUT2D eigenvalue weighted by atomic mass is 9.98. The summed E-state index contributed by atoms with van der Waals surface area (Å²) in [6.07, 6.45) is 2.39. The van der Waals surface area contributed by atoms with Gasteiger partial charge in [-0.1, -0.05) is 13.0 Å². The molecule has 0 aliphatic carbocycles. The van der Waals surface area contributed by atoms with E-state index in [1.54, 1.807) is 18.2 Å². The van der Waals surface area contributed by atoms with Crippen LogP contribution in [0.3, 0.4) is 0 Å². The number of rotatable bonds is 7. The standard InChI is InChI=1S/C19H19NO5/c1-3-10-25-16-8-9-17(13(2)11-16)18(19(21)22)12-14-4-6-15(7-5-14)20(23)24/h4-9,11-12H,3,10H2,1-2H3,(H,21,22)/b18-12-. The highest BCUT2D eigenvalue weighted by Crippen LogP contribution is 2.26. The lowest BCUT2D eigenvalue weighted by molar-refractivity contribution is -0.384. The third-order valence-electron chi connectivity index (χ3n) is 3.61. The summed E-state index contributed by atoms with van der Waals surface area (Å²) < 4.78 is 5.55. The van der Waals surface area contributed by atoms with Crippen LogP contribution in [-0.2, 0) is 4.79 Å². The van der Waals surface area contributed by atoms with Crippen molar-refractivity contribution in [2.75, 3.05) is 6.61 Å². The molecule has 6 nitrogen and oxygen atoms in total. The Balaban J connectivity index is 2.37. The third kappa shape index (κ3) is 4.67. The molecule has 0 fully saturated rings. The molecule has 0 atom stereocenters. The molecule has 2 rings (SSSR count). The Kier molecular flexibility index (Phi) is 5.89. The monoisotopic (exact) mass is 341 g/mol. The fraction of sp³-hybridized carbons (Fsp3) is 0.211. The number of nitro groups is 1. The molecular weight excluding hydrogens is 322 g/mol. The summed E-state index contributed by atoms with van der Waals surface area (Å²) in [6, 6.07) is 11.0. The van der Waals surface area contributed by atoms with Crippen molar-refractivity contribution in [2.24, 2.45) is 0 Å². The average molecular weight is 341 g/mol. The van der Waals surface area contributed by atoms with Gasteiger partial charge < -0.3 is 9.84 Å². The molecule has 0 aliphatic heterocycles. The molecule has 1 N–H and O–H groups in total. The number of carboxylic acid groups (broad SMARTS) is 1. The zero-order valence-corrected chi connectivity index (χ0v) is 14.1. The van der Waals surface area contributed by atoms with Gasteiger partial charge in [0, 0.05) is 12.1 Å². The van der Waals surface area contributed by atoms with Crippen molar-refractivity contribution in [2.45, 2.75) is 20.3 Å². The molecule has 0 radical (unpaired) electrons. The van der Waals surface area contributed by atoms with Gasteiger partial charge >= 0.3 is 5.97 Å². The minimum absolute atomic E-state index is 0.0392. The van der Waals surface area contributed by atoms with Crippen LogP contribution in [0.25, 0.3) is 11.6 Å². The summed E-state index contributed by atoms with van der Waals surface area (Å²) in [5.74, 6) is -0.369. The second kappa shape index (κ2) is 8.10. The summed E-state index contributed by atoms with van der Waals surface area (Å²) in [6.45, 7) is 4.43. The van der Waals surface area contributed by atoms with E-state index >= 15 is 0 Å². The van der Waals surface area contributed by atoms with Crippen molar-refractivity contribution >= 4 is 23.3 Å². The Morgan fingerprint density at radius 3 is 2.44 bits per heavy atom. The predicted molar refractivity (Wildman–Crippen MR) is 95.6 cm³/mol. The molecular formula is C19H19NO5. The Morgan fingerprint density at radius 2 is 1.92 bits per heavy atom. The number of nitro benzene ring substituents is 1. The zero-order chi connectivity index (χ0) is 18.4. The van der Waals surface area contributed by atoms with Gasteiger partial charge in [0.2, 0.25) is 0 Å². The fourth-order valence-corrected chi connectivity index (χ4v) is 2.36. The average Bonchev–Trinajstić information content (AvgIpc) is 2.58. The van der Waals surface area contributed by atoms with Crippen LogP contribution in [-0.4, -0.2) is 22.6 Å². The van der Waals surface area contributed by atoms with Crippen molar-refractivity contribution in [3.05, 3.63) is 69.3 Å². The van der Waals surface area contributed by atoms with Gasteiger partial charge in [0.1, 0.15) is 5.75 Å². The van der Waals surface area contributed by atoms with Gasteiger partial charge in [-0.3, -0.25) is 10.1 Å². The second-order valence-electron chi connectivity index (χ2n) is 5.54.